The highest BCUT2D eigenvalue weighted by molar-refractivity contribution is 9.10. The smallest absolute Gasteiger partial charge is 0.255 e. The molecule has 0 bridgehead atoms. The van der Waals surface area contributed by atoms with Crippen molar-refractivity contribution in [2.24, 2.45) is 5.73 Å². The molecule has 0 fully saturated rings. The summed E-state index contributed by atoms with van der Waals surface area (Å²) in [5.41, 5.74) is 7.46. The normalized spacial score (nSPS) is 10.1. The van der Waals surface area contributed by atoms with Crippen molar-refractivity contribution in [2.45, 2.75) is 6.54 Å². The van der Waals surface area contributed by atoms with Crippen molar-refractivity contribution < 1.29 is 4.79 Å². The number of nitrogens with two attached hydrogens (primary N) is 1. The molecule has 3 N–H and O–H groups in total. The molecule has 1 aromatic heterocycles. The lowest BCUT2D eigenvalue weighted by atomic mass is 10.2. The van der Waals surface area contributed by atoms with E-state index in [-0.39, 0.29) is 5.91 Å². The Balaban J connectivity index is 2.19. The topological polar surface area (TPSA) is 68.0 Å². The van der Waals surface area contributed by atoms with Crippen LogP contribution in [0.1, 0.15) is 16.1 Å². The van der Waals surface area contributed by atoms with Crippen LogP contribution in [0.4, 0.5) is 5.69 Å². The predicted octanol–water partition coefficient (Wildman–Crippen LogP) is 2.56. The monoisotopic (exact) mass is 305 g/mol. The Morgan fingerprint density at radius 2 is 2.11 bits per heavy atom. The van der Waals surface area contributed by atoms with Gasteiger partial charge in [-0.05, 0) is 40.2 Å². The molecule has 0 atom stereocenters. The van der Waals surface area contributed by atoms with Gasteiger partial charge in [0.1, 0.15) is 0 Å². The molecular weight excluding hydrogens is 294 g/mol. The van der Waals surface area contributed by atoms with Gasteiger partial charge in [0.15, 0.2) is 0 Å². The molecule has 0 radical (unpaired) electrons. The summed E-state index contributed by atoms with van der Waals surface area (Å²) >= 11 is 3.38. The maximum atomic E-state index is 12.0. The maximum Gasteiger partial charge on any atom is 0.255 e. The van der Waals surface area contributed by atoms with Crippen molar-refractivity contribution in [3.63, 3.8) is 0 Å². The first kappa shape index (κ1) is 12.7. The van der Waals surface area contributed by atoms with Crippen molar-refractivity contribution in [2.75, 3.05) is 5.32 Å². The third-order valence-electron chi connectivity index (χ3n) is 2.41. The first-order valence-corrected chi connectivity index (χ1v) is 6.21. The van der Waals surface area contributed by atoms with Crippen LogP contribution < -0.4 is 11.1 Å². The van der Waals surface area contributed by atoms with Crippen LogP contribution in [0.15, 0.2) is 47.1 Å². The van der Waals surface area contributed by atoms with Gasteiger partial charge in [-0.15, -0.1) is 0 Å². The lowest BCUT2D eigenvalue weighted by Crippen LogP contribution is -2.13. The van der Waals surface area contributed by atoms with E-state index in [4.69, 9.17) is 5.73 Å². The van der Waals surface area contributed by atoms with E-state index in [1.807, 2.05) is 24.3 Å². The molecule has 0 saturated carbocycles. The van der Waals surface area contributed by atoms with E-state index in [9.17, 15) is 4.79 Å². The van der Waals surface area contributed by atoms with Crippen LogP contribution in [0.5, 0.6) is 0 Å². The summed E-state index contributed by atoms with van der Waals surface area (Å²) < 4.78 is 0.839. The number of nitrogens with one attached hydrogen (secondary N) is 1. The highest BCUT2D eigenvalue weighted by Gasteiger charge is 2.08. The molecule has 0 aliphatic heterocycles. The minimum atomic E-state index is -0.181. The zero-order valence-corrected chi connectivity index (χ0v) is 11.1. The molecular formula is C13H12BrN3O. The Bertz CT molecular complexity index is 572. The Hall–Kier alpha value is -1.72. The van der Waals surface area contributed by atoms with E-state index >= 15 is 0 Å². The molecule has 18 heavy (non-hydrogen) atoms. The number of hydrogen-bond acceptors (Lipinski definition) is 3. The predicted molar refractivity (Wildman–Crippen MR) is 74.2 cm³/mol. The van der Waals surface area contributed by atoms with Crippen LogP contribution in [-0.2, 0) is 6.54 Å². The quantitative estimate of drug-likeness (QED) is 0.915. The fourth-order valence-corrected chi connectivity index (χ4v) is 1.87. The standard InChI is InChI=1S/C13H12BrN3O/c14-11-3-1-2-4-12(11)17-13(18)9-5-6-16-10(7-9)8-15/h1-7H,8,15H2,(H,17,18). The Morgan fingerprint density at radius 3 is 2.83 bits per heavy atom. The number of para-hydroxylation sites is 1. The van der Waals surface area contributed by atoms with E-state index in [0.717, 1.165) is 10.2 Å². The van der Waals surface area contributed by atoms with Gasteiger partial charge in [-0.25, -0.2) is 0 Å². The first-order chi connectivity index (χ1) is 8.70. The molecule has 0 aliphatic rings. The zero-order valence-electron chi connectivity index (χ0n) is 9.56. The van der Waals surface area contributed by atoms with Crippen molar-refractivity contribution in [1.29, 1.82) is 0 Å². The summed E-state index contributed by atoms with van der Waals surface area (Å²) in [7, 11) is 0. The first-order valence-electron chi connectivity index (χ1n) is 5.41. The maximum absolute atomic E-state index is 12.0. The molecule has 5 heteroatoms. The Kier molecular flexibility index (Phi) is 4.07. The number of benzene rings is 1. The second-order valence-corrected chi connectivity index (χ2v) is 4.53. The highest BCUT2D eigenvalue weighted by atomic mass is 79.9. The van der Waals surface area contributed by atoms with E-state index in [2.05, 4.69) is 26.2 Å². The van der Waals surface area contributed by atoms with Crippen LogP contribution in [0.25, 0.3) is 0 Å². The minimum Gasteiger partial charge on any atom is -0.325 e. The zero-order chi connectivity index (χ0) is 13.0. The molecule has 92 valence electrons. The molecule has 0 aliphatic carbocycles. The second-order valence-electron chi connectivity index (χ2n) is 3.67. The third-order valence-corrected chi connectivity index (χ3v) is 3.10. The Labute approximate surface area is 113 Å². The number of nitrogens with zero attached hydrogens (tertiary/aromatic N) is 1. The molecule has 4 nitrogen and oxygen atoms in total. The highest BCUT2D eigenvalue weighted by Crippen LogP contribution is 2.21. The summed E-state index contributed by atoms with van der Waals surface area (Å²) in [6, 6.07) is 10.8. The number of rotatable bonds is 3. The van der Waals surface area contributed by atoms with Gasteiger partial charge in [0.2, 0.25) is 0 Å². The van der Waals surface area contributed by atoms with Crippen LogP contribution in [0, 0.1) is 0 Å². The number of anilines is 1. The van der Waals surface area contributed by atoms with Gasteiger partial charge >= 0.3 is 0 Å². The number of pyridine rings is 1. The van der Waals surface area contributed by atoms with Crippen LogP contribution in [0.3, 0.4) is 0 Å². The van der Waals surface area contributed by atoms with Gasteiger partial charge in [-0.3, -0.25) is 9.78 Å². The average Bonchev–Trinajstić information content (AvgIpc) is 2.41. The molecule has 1 amide bonds. The van der Waals surface area contributed by atoms with Gasteiger partial charge in [-0.1, -0.05) is 12.1 Å². The lowest BCUT2D eigenvalue weighted by Gasteiger charge is -2.07. The Morgan fingerprint density at radius 1 is 1.33 bits per heavy atom. The molecule has 1 heterocycles. The van der Waals surface area contributed by atoms with Gasteiger partial charge in [0, 0.05) is 22.8 Å². The van der Waals surface area contributed by atoms with Gasteiger partial charge in [0.05, 0.1) is 11.4 Å². The van der Waals surface area contributed by atoms with Gasteiger partial charge < -0.3 is 11.1 Å². The number of halogens is 1. The number of aromatic nitrogens is 1. The average molecular weight is 306 g/mol. The fourth-order valence-electron chi connectivity index (χ4n) is 1.49. The second kappa shape index (κ2) is 5.75. The molecule has 0 unspecified atom stereocenters. The molecule has 1 aromatic carbocycles. The summed E-state index contributed by atoms with van der Waals surface area (Å²) in [6.45, 7) is 0.316. The molecule has 0 spiro atoms. The van der Waals surface area contributed by atoms with E-state index in [1.54, 1.807) is 18.3 Å². The number of hydrogen-bond donors (Lipinski definition) is 2. The van der Waals surface area contributed by atoms with Crippen LogP contribution in [0.2, 0.25) is 0 Å². The van der Waals surface area contributed by atoms with Crippen molar-refractivity contribution in [3.05, 3.63) is 58.3 Å². The fraction of sp³-hybridized carbons (Fsp3) is 0.0769. The van der Waals surface area contributed by atoms with Crippen LogP contribution >= 0.6 is 15.9 Å². The summed E-state index contributed by atoms with van der Waals surface area (Å²) in [4.78, 5) is 16.1. The SMILES string of the molecule is NCc1cc(C(=O)Nc2ccccc2Br)ccn1. The molecule has 2 rings (SSSR count). The van der Waals surface area contributed by atoms with E-state index < -0.39 is 0 Å². The summed E-state index contributed by atoms with van der Waals surface area (Å²) in [6.07, 6.45) is 1.58. The summed E-state index contributed by atoms with van der Waals surface area (Å²) in [5.74, 6) is -0.181. The summed E-state index contributed by atoms with van der Waals surface area (Å²) in [5, 5.41) is 2.82. The van der Waals surface area contributed by atoms with Crippen molar-refractivity contribution in [3.8, 4) is 0 Å². The molecule has 0 saturated heterocycles. The number of carbonyl (C=O) groups is 1. The van der Waals surface area contributed by atoms with Crippen molar-refractivity contribution in [1.82, 2.24) is 4.98 Å². The van der Waals surface area contributed by atoms with Gasteiger partial charge in [-0.2, -0.15) is 0 Å². The van der Waals surface area contributed by atoms with E-state index in [1.165, 1.54) is 0 Å². The number of amides is 1. The number of carbonyl (C=O) groups excluding carboxylic acids is 1. The third kappa shape index (κ3) is 2.94. The largest absolute Gasteiger partial charge is 0.325 e. The van der Waals surface area contributed by atoms with Crippen molar-refractivity contribution >= 4 is 27.5 Å². The van der Waals surface area contributed by atoms with Crippen LogP contribution in [-0.4, -0.2) is 10.9 Å². The molecule has 2 aromatic rings. The lowest BCUT2D eigenvalue weighted by molar-refractivity contribution is 0.102. The van der Waals surface area contributed by atoms with Gasteiger partial charge in [0.25, 0.3) is 5.91 Å². The minimum absolute atomic E-state index is 0.181. The van der Waals surface area contributed by atoms with E-state index in [0.29, 0.717) is 17.8 Å².